The van der Waals surface area contributed by atoms with Gasteiger partial charge in [0, 0.05) is 0 Å². The molecular formula is C18H32O20. The largest absolute Gasteiger partial charge is 0.481 e. The van der Waals surface area contributed by atoms with Gasteiger partial charge in [-0.3, -0.25) is 19.2 Å². The Bertz CT molecular complexity index is 646. The standard InChI is InChI=1S/2C6H8O7.2C3H8O3/c2*7-3(8)1-6(13,5(11)12)2-4(9)10;2*4-1-3(6)2-5/h2*13H,1-2H2,(H,7,8)(H,9,10)(H,11,12);2*3-6H,1-2H2. The van der Waals surface area contributed by atoms with Gasteiger partial charge in [0.1, 0.15) is 12.2 Å². The molecule has 0 spiro atoms. The van der Waals surface area contributed by atoms with E-state index in [1.807, 2.05) is 0 Å². The maximum absolute atomic E-state index is 10.3. The zero-order valence-electron chi connectivity index (χ0n) is 19.5. The minimum absolute atomic E-state index is 0.365. The average molecular weight is 568 g/mol. The topological polar surface area (TPSA) is 386 Å². The SMILES string of the molecule is O=C(O)CC(O)(CC(=O)O)C(=O)O.O=C(O)CC(O)(CC(=O)O)C(=O)O.OCC(O)CO.OCC(O)CO. The van der Waals surface area contributed by atoms with Crippen molar-refractivity contribution in [3.8, 4) is 0 Å². The van der Waals surface area contributed by atoms with Crippen LogP contribution in [0.1, 0.15) is 25.7 Å². The molecule has 0 bridgehead atoms. The van der Waals surface area contributed by atoms with Crippen molar-refractivity contribution in [3.05, 3.63) is 0 Å². The number of carbonyl (C=O) groups is 6. The number of aliphatic carboxylic acids is 6. The molecule has 0 unspecified atom stereocenters. The molecule has 0 aliphatic heterocycles. The fourth-order valence-electron chi connectivity index (χ4n) is 1.54. The Balaban J connectivity index is -0.000000216. The molecule has 0 aliphatic rings. The van der Waals surface area contributed by atoms with E-state index in [2.05, 4.69) is 0 Å². The number of aliphatic hydroxyl groups excluding tert-OH is 6. The van der Waals surface area contributed by atoms with Gasteiger partial charge in [-0.15, -0.1) is 0 Å². The third kappa shape index (κ3) is 24.2. The highest BCUT2D eigenvalue weighted by atomic mass is 16.4. The van der Waals surface area contributed by atoms with Gasteiger partial charge in [-0.1, -0.05) is 0 Å². The average Bonchev–Trinajstić information content (AvgIpc) is 2.76. The summed E-state index contributed by atoms with van der Waals surface area (Å²) in [6.45, 7) is -1.46. The van der Waals surface area contributed by atoms with Gasteiger partial charge in [-0.05, 0) is 0 Å². The first-order valence-electron chi connectivity index (χ1n) is 9.76. The maximum Gasteiger partial charge on any atom is 0.336 e. The van der Waals surface area contributed by atoms with Gasteiger partial charge < -0.3 is 71.5 Å². The van der Waals surface area contributed by atoms with Crippen molar-refractivity contribution in [1.29, 1.82) is 0 Å². The molecule has 20 heteroatoms. The summed E-state index contributed by atoms with van der Waals surface area (Å²) in [6, 6.07) is 0. The van der Waals surface area contributed by atoms with E-state index in [0.717, 1.165) is 0 Å². The smallest absolute Gasteiger partial charge is 0.336 e. The molecule has 0 aromatic carbocycles. The fourth-order valence-corrected chi connectivity index (χ4v) is 1.54. The molecule has 0 aliphatic carbocycles. The quantitative estimate of drug-likeness (QED) is 0.0926. The molecule has 0 heterocycles. The Morgan fingerprint density at radius 2 is 0.605 bits per heavy atom. The number of carboxylic acids is 6. The van der Waals surface area contributed by atoms with E-state index in [1.165, 1.54) is 0 Å². The number of rotatable bonds is 14. The van der Waals surface area contributed by atoms with Crippen molar-refractivity contribution in [2.45, 2.75) is 49.1 Å². The van der Waals surface area contributed by atoms with Crippen molar-refractivity contribution < 1.29 is 100 Å². The van der Waals surface area contributed by atoms with E-state index in [1.54, 1.807) is 0 Å². The lowest BCUT2D eigenvalue weighted by molar-refractivity contribution is -0.170. The first kappa shape index (κ1) is 41.6. The monoisotopic (exact) mass is 568 g/mol. The summed E-state index contributed by atoms with van der Waals surface area (Å²) in [5.74, 6) is -10.0. The summed E-state index contributed by atoms with van der Waals surface area (Å²) in [5.41, 5.74) is -5.48. The molecular weight excluding hydrogens is 536 g/mol. The van der Waals surface area contributed by atoms with Crippen molar-refractivity contribution in [2.75, 3.05) is 26.4 Å². The molecule has 0 fully saturated rings. The van der Waals surface area contributed by atoms with Crippen LogP contribution >= 0.6 is 0 Å². The summed E-state index contributed by atoms with van der Waals surface area (Å²) in [4.78, 5) is 61.0. The van der Waals surface area contributed by atoms with Crippen molar-refractivity contribution in [1.82, 2.24) is 0 Å². The summed E-state index contributed by atoms with van der Waals surface area (Å²) in [5, 5.41) is 116. The molecule has 0 saturated carbocycles. The highest BCUT2D eigenvalue weighted by Gasteiger charge is 2.41. The molecule has 224 valence electrons. The third-order valence-corrected chi connectivity index (χ3v) is 3.41. The maximum atomic E-state index is 10.3. The number of aliphatic hydroxyl groups is 8. The zero-order valence-corrected chi connectivity index (χ0v) is 19.5. The predicted molar refractivity (Wildman–Crippen MR) is 115 cm³/mol. The van der Waals surface area contributed by atoms with Crippen LogP contribution in [0.4, 0.5) is 0 Å². The Labute approximate surface area is 212 Å². The summed E-state index contributed by atoms with van der Waals surface area (Å²) in [7, 11) is 0. The first-order valence-corrected chi connectivity index (χ1v) is 9.76. The molecule has 0 rings (SSSR count). The van der Waals surface area contributed by atoms with E-state index in [9.17, 15) is 28.8 Å². The van der Waals surface area contributed by atoms with Gasteiger partial charge in [-0.25, -0.2) is 9.59 Å². The minimum Gasteiger partial charge on any atom is -0.481 e. The lowest BCUT2D eigenvalue weighted by Gasteiger charge is -2.18. The molecule has 14 N–H and O–H groups in total. The normalized spacial score (nSPS) is 10.6. The first-order chi connectivity index (χ1) is 17.2. The van der Waals surface area contributed by atoms with Crippen molar-refractivity contribution >= 4 is 35.8 Å². The summed E-state index contributed by atoms with van der Waals surface area (Å²) < 4.78 is 0. The Kier molecular flexibility index (Phi) is 23.6. The van der Waals surface area contributed by atoms with Crippen LogP contribution in [-0.4, -0.2) is 157 Å². The van der Waals surface area contributed by atoms with Gasteiger partial charge in [-0.2, -0.15) is 0 Å². The van der Waals surface area contributed by atoms with Gasteiger partial charge in [0.25, 0.3) is 0 Å². The van der Waals surface area contributed by atoms with Crippen LogP contribution in [0.25, 0.3) is 0 Å². The van der Waals surface area contributed by atoms with E-state index in [4.69, 9.17) is 71.5 Å². The highest BCUT2D eigenvalue weighted by molar-refractivity contribution is 5.88. The zero-order chi connectivity index (χ0) is 31.3. The molecule has 0 atom stereocenters. The van der Waals surface area contributed by atoms with Crippen LogP contribution < -0.4 is 0 Å². The van der Waals surface area contributed by atoms with Gasteiger partial charge >= 0.3 is 35.8 Å². The second-order valence-corrected chi connectivity index (χ2v) is 6.99. The second kappa shape index (κ2) is 21.6. The molecule has 0 radical (unpaired) electrons. The second-order valence-electron chi connectivity index (χ2n) is 6.99. The van der Waals surface area contributed by atoms with Crippen LogP contribution in [0.3, 0.4) is 0 Å². The van der Waals surface area contributed by atoms with Gasteiger partial charge in [0.2, 0.25) is 0 Å². The van der Waals surface area contributed by atoms with Crippen LogP contribution in [0.2, 0.25) is 0 Å². The minimum atomic E-state index is -2.74. The fraction of sp³-hybridized carbons (Fsp3) is 0.667. The van der Waals surface area contributed by atoms with E-state index >= 15 is 0 Å². The lowest BCUT2D eigenvalue weighted by atomic mass is 9.96. The van der Waals surface area contributed by atoms with Crippen LogP contribution in [0, 0.1) is 0 Å². The van der Waals surface area contributed by atoms with Crippen molar-refractivity contribution in [3.63, 3.8) is 0 Å². The van der Waals surface area contributed by atoms with Crippen molar-refractivity contribution in [2.24, 2.45) is 0 Å². The molecule has 0 amide bonds. The summed E-state index contributed by atoms with van der Waals surface area (Å²) >= 11 is 0. The van der Waals surface area contributed by atoms with Crippen LogP contribution in [0.15, 0.2) is 0 Å². The highest BCUT2D eigenvalue weighted by Crippen LogP contribution is 2.16. The lowest BCUT2D eigenvalue weighted by Crippen LogP contribution is -2.42. The van der Waals surface area contributed by atoms with Crippen LogP contribution in [0.5, 0.6) is 0 Å². The third-order valence-electron chi connectivity index (χ3n) is 3.41. The molecule has 0 saturated heterocycles. The van der Waals surface area contributed by atoms with Crippen LogP contribution in [-0.2, 0) is 28.8 Å². The number of hydrogen-bond donors (Lipinski definition) is 14. The van der Waals surface area contributed by atoms with Gasteiger partial charge in [0.15, 0.2) is 11.2 Å². The molecule has 0 aromatic rings. The Morgan fingerprint density at radius 1 is 0.447 bits per heavy atom. The van der Waals surface area contributed by atoms with E-state index < -0.39 is 84.9 Å². The number of hydrogen-bond acceptors (Lipinski definition) is 14. The molecule has 38 heavy (non-hydrogen) atoms. The predicted octanol–water partition coefficient (Wildman–Crippen LogP) is -5.83. The molecule has 20 nitrogen and oxygen atoms in total. The summed E-state index contributed by atoms with van der Waals surface area (Å²) in [6.07, 6.45) is -6.48. The molecule has 0 aromatic heterocycles. The number of carboxylic acid groups (broad SMARTS) is 6. The van der Waals surface area contributed by atoms with Gasteiger partial charge in [0.05, 0.1) is 52.1 Å². The Morgan fingerprint density at radius 3 is 0.658 bits per heavy atom. The van der Waals surface area contributed by atoms with E-state index in [0.29, 0.717) is 0 Å². The van der Waals surface area contributed by atoms with E-state index in [-0.39, 0.29) is 26.4 Å². The Hall–Kier alpha value is -3.50.